The molecule has 1 heterocycles. The second-order valence-electron chi connectivity index (χ2n) is 4.92. The predicted octanol–water partition coefficient (Wildman–Crippen LogP) is 2.83. The van der Waals surface area contributed by atoms with E-state index >= 15 is 0 Å². The van der Waals surface area contributed by atoms with Gasteiger partial charge in [-0.25, -0.2) is 9.78 Å². The van der Waals surface area contributed by atoms with Crippen LogP contribution in [-0.2, 0) is 11.2 Å². The van der Waals surface area contributed by atoms with Crippen molar-refractivity contribution in [2.24, 2.45) is 0 Å². The molecule has 0 aliphatic rings. The minimum absolute atomic E-state index is 0.364. The highest BCUT2D eigenvalue weighted by Gasteiger charge is 2.15. The van der Waals surface area contributed by atoms with Gasteiger partial charge in [0.05, 0.1) is 10.7 Å². The third-order valence-electron chi connectivity index (χ3n) is 2.02. The van der Waals surface area contributed by atoms with Crippen LogP contribution in [0.3, 0.4) is 0 Å². The number of hydrogen-bond donors (Lipinski definition) is 1. The Labute approximate surface area is 106 Å². The van der Waals surface area contributed by atoms with Crippen molar-refractivity contribution in [2.45, 2.75) is 46.6 Å². The first-order valence-electron chi connectivity index (χ1n) is 5.67. The molecule has 0 unspecified atom stereocenters. The van der Waals surface area contributed by atoms with E-state index in [0.717, 1.165) is 17.1 Å². The molecule has 1 N–H and O–H groups in total. The van der Waals surface area contributed by atoms with Gasteiger partial charge in [-0.15, -0.1) is 11.3 Å². The van der Waals surface area contributed by atoms with Crippen molar-refractivity contribution in [1.82, 2.24) is 10.3 Å². The van der Waals surface area contributed by atoms with Crippen LogP contribution in [0.4, 0.5) is 4.79 Å². The Morgan fingerprint density at radius 3 is 2.53 bits per heavy atom. The van der Waals surface area contributed by atoms with Gasteiger partial charge in [-0.05, 0) is 34.6 Å². The van der Waals surface area contributed by atoms with Crippen LogP contribution < -0.4 is 5.32 Å². The molecule has 0 bridgehead atoms. The zero-order valence-electron chi connectivity index (χ0n) is 11.1. The Hall–Kier alpha value is -1.10. The van der Waals surface area contributed by atoms with E-state index in [9.17, 15) is 4.79 Å². The summed E-state index contributed by atoms with van der Waals surface area (Å²) in [5, 5.41) is 3.81. The highest BCUT2D eigenvalue weighted by molar-refractivity contribution is 7.11. The van der Waals surface area contributed by atoms with Crippen LogP contribution in [0.1, 0.15) is 36.3 Å². The Balaban J connectivity index is 2.33. The maximum absolute atomic E-state index is 11.4. The third kappa shape index (κ3) is 5.17. The summed E-state index contributed by atoms with van der Waals surface area (Å²) in [5.41, 5.74) is 0.611. The van der Waals surface area contributed by atoms with Crippen LogP contribution in [0.25, 0.3) is 0 Å². The number of nitrogens with zero attached hydrogens (tertiary/aromatic N) is 1. The number of ether oxygens (including phenoxy) is 1. The molecular formula is C12H20N2O2S. The summed E-state index contributed by atoms with van der Waals surface area (Å²) in [6.07, 6.45) is 0.438. The molecule has 96 valence electrons. The largest absolute Gasteiger partial charge is 0.444 e. The lowest BCUT2D eigenvalue weighted by atomic mass is 10.2. The molecule has 17 heavy (non-hydrogen) atoms. The molecule has 0 aromatic carbocycles. The van der Waals surface area contributed by atoms with Crippen molar-refractivity contribution in [3.8, 4) is 0 Å². The number of carbonyl (C=O) groups excluding carboxylic acids is 1. The fraction of sp³-hybridized carbons (Fsp3) is 0.667. The second-order valence-corrected chi connectivity index (χ2v) is 6.21. The first-order chi connectivity index (χ1) is 7.78. The predicted molar refractivity (Wildman–Crippen MR) is 69.5 cm³/mol. The van der Waals surface area contributed by atoms with E-state index in [2.05, 4.69) is 10.3 Å². The summed E-state index contributed by atoms with van der Waals surface area (Å²) in [7, 11) is 0. The maximum Gasteiger partial charge on any atom is 0.407 e. The molecule has 0 aliphatic carbocycles. The summed E-state index contributed by atoms with van der Waals surface area (Å²) >= 11 is 1.68. The highest BCUT2D eigenvalue weighted by Crippen LogP contribution is 2.17. The minimum atomic E-state index is -0.443. The van der Waals surface area contributed by atoms with E-state index in [1.807, 2.05) is 34.6 Å². The summed E-state index contributed by atoms with van der Waals surface area (Å²) in [6.45, 7) is 10.1. The monoisotopic (exact) mass is 256 g/mol. The molecule has 0 atom stereocenters. The van der Waals surface area contributed by atoms with Crippen LogP contribution in [0.5, 0.6) is 0 Å². The SMILES string of the molecule is Cc1nc(C)c(CCNC(=O)OC(C)(C)C)s1. The first-order valence-corrected chi connectivity index (χ1v) is 6.49. The van der Waals surface area contributed by atoms with Crippen molar-refractivity contribution in [1.29, 1.82) is 0 Å². The number of aryl methyl sites for hydroxylation is 2. The fourth-order valence-corrected chi connectivity index (χ4v) is 2.33. The Morgan fingerprint density at radius 2 is 2.06 bits per heavy atom. The van der Waals surface area contributed by atoms with Crippen LogP contribution in [0, 0.1) is 13.8 Å². The minimum Gasteiger partial charge on any atom is -0.444 e. The molecule has 1 amide bonds. The molecule has 1 rings (SSSR count). The van der Waals surface area contributed by atoms with Crippen molar-refractivity contribution in [2.75, 3.05) is 6.54 Å². The van der Waals surface area contributed by atoms with E-state index in [-0.39, 0.29) is 6.09 Å². The van der Waals surface area contributed by atoms with Crippen LogP contribution >= 0.6 is 11.3 Å². The van der Waals surface area contributed by atoms with Crippen LogP contribution in [0.2, 0.25) is 0 Å². The normalized spacial score (nSPS) is 11.4. The smallest absolute Gasteiger partial charge is 0.407 e. The van der Waals surface area contributed by atoms with Gasteiger partial charge in [0.2, 0.25) is 0 Å². The number of hydrogen-bond acceptors (Lipinski definition) is 4. The molecule has 0 saturated heterocycles. The standard InChI is InChI=1S/C12H20N2O2S/c1-8-10(17-9(2)14-8)6-7-13-11(15)16-12(3,4)5/h6-7H2,1-5H3,(H,13,15). The average Bonchev–Trinajstić information content (AvgIpc) is 2.42. The number of rotatable bonds is 3. The van der Waals surface area contributed by atoms with Gasteiger partial charge < -0.3 is 10.1 Å². The van der Waals surface area contributed by atoms with Crippen molar-refractivity contribution in [3.05, 3.63) is 15.6 Å². The summed E-state index contributed by atoms with van der Waals surface area (Å²) in [6, 6.07) is 0. The molecule has 0 saturated carbocycles. The van der Waals surface area contributed by atoms with Crippen LogP contribution in [0.15, 0.2) is 0 Å². The third-order valence-corrected chi connectivity index (χ3v) is 3.15. The van der Waals surface area contributed by atoms with Crippen molar-refractivity contribution < 1.29 is 9.53 Å². The molecule has 0 aliphatic heterocycles. The summed E-state index contributed by atoms with van der Waals surface area (Å²) in [4.78, 5) is 17.0. The topological polar surface area (TPSA) is 51.2 Å². The van der Waals surface area contributed by atoms with E-state index in [1.54, 1.807) is 11.3 Å². The summed E-state index contributed by atoms with van der Waals surface area (Å²) < 4.78 is 5.15. The zero-order valence-corrected chi connectivity index (χ0v) is 11.9. The fourth-order valence-electron chi connectivity index (χ4n) is 1.40. The quantitative estimate of drug-likeness (QED) is 0.904. The molecule has 0 radical (unpaired) electrons. The zero-order chi connectivity index (χ0) is 13.1. The van der Waals surface area contributed by atoms with E-state index in [0.29, 0.717) is 6.54 Å². The van der Waals surface area contributed by atoms with Gasteiger partial charge in [0.25, 0.3) is 0 Å². The van der Waals surface area contributed by atoms with E-state index in [4.69, 9.17) is 4.74 Å². The van der Waals surface area contributed by atoms with Crippen molar-refractivity contribution >= 4 is 17.4 Å². The lowest BCUT2D eigenvalue weighted by Crippen LogP contribution is -2.33. The van der Waals surface area contributed by atoms with E-state index in [1.165, 1.54) is 4.88 Å². The molecule has 1 aromatic heterocycles. The molecule has 1 aromatic rings. The molecule has 4 nitrogen and oxygen atoms in total. The number of thiazole rings is 1. The number of aromatic nitrogens is 1. The molecule has 5 heteroatoms. The maximum atomic E-state index is 11.4. The van der Waals surface area contributed by atoms with Crippen molar-refractivity contribution in [3.63, 3.8) is 0 Å². The number of carbonyl (C=O) groups is 1. The molecule has 0 spiro atoms. The van der Waals surface area contributed by atoms with Gasteiger partial charge in [-0.2, -0.15) is 0 Å². The Morgan fingerprint density at radius 1 is 1.41 bits per heavy atom. The summed E-state index contributed by atoms with van der Waals surface area (Å²) in [5.74, 6) is 0. The first kappa shape index (κ1) is 14.0. The molecular weight excluding hydrogens is 236 g/mol. The highest BCUT2D eigenvalue weighted by atomic mass is 32.1. The van der Waals surface area contributed by atoms with E-state index < -0.39 is 5.60 Å². The average molecular weight is 256 g/mol. The van der Waals surface area contributed by atoms with Gasteiger partial charge in [0, 0.05) is 17.8 Å². The lowest BCUT2D eigenvalue weighted by molar-refractivity contribution is 0.0528. The Bertz CT molecular complexity index is 394. The Kier molecular flexibility index (Phi) is 4.51. The van der Waals surface area contributed by atoms with Gasteiger partial charge in [0.1, 0.15) is 5.60 Å². The van der Waals surface area contributed by atoms with Gasteiger partial charge in [-0.3, -0.25) is 0 Å². The number of alkyl carbamates (subject to hydrolysis) is 1. The lowest BCUT2D eigenvalue weighted by Gasteiger charge is -2.19. The van der Waals surface area contributed by atoms with Gasteiger partial charge in [0.15, 0.2) is 0 Å². The molecule has 0 fully saturated rings. The van der Waals surface area contributed by atoms with Gasteiger partial charge in [-0.1, -0.05) is 0 Å². The number of amides is 1. The second kappa shape index (κ2) is 5.49. The number of nitrogens with one attached hydrogen (secondary N) is 1. The van der Waals surface area contributed by atoms with Crippen LogP contribution in [-0.4, -0.2) is 23.2 Å². The van der Waals surface area contributed by atoms with Gasteiger partial charge >= 0.3 is 6.09 Å².